The molecule has 0 aliphatic carbocycles. The van der Waals surface area contributed by atoms with Gasteiger partial charge in [0, 0.05) is 10.2 Å². The Labute approximate surface area is 112 Å². The Bertz CT molecular complexity index is 411. The lowest BCUT2D eigenvalue weighted by Crippen LogP contribution is -1.99. The third-order valence-corrected chi connectivity index (χ3v) is 4.53. The van der Waals surface area contributed by atoms with E-state index < -0.39 is 0 Å². The maximum absolute atomic E-state index is 5.62. The van der Waals surface area contributed by atoms with Crippen LogP contribution in [0.3, 0.4) is 0 Å². The van der Waals surface area contributed by atoms with E-state index in [-0.39, 0.29) is 0 Å². The molecule has 1 nitrogen and oxygen atoms in total. The number of ether oxygens (including phenoxy) is 1. The first-order valence-corrected chi connectivity index (χ1v) is 7.55. The Morgan fingerprint density at radius 1 is 1.19 bits per heavy atom. The number of hydrogen-bond acceptors (Lipinski definition) is 3. The van der Waals surface area contributed by atoms with Gasteiger partial charge in [0.1, 0.15) is 5.75 Å². The van der Waals surface area contributed by atoms with Gasteiger partial charge < -0.3 is 4.74 Å². The lowest BCUT2D eigenvalue weighted by Gasteiger charge is -2.05. The Hall–Kier alpha value is -0.450. The molecule has 0 atom stereocenters. The second-order valence-corrected chi connectivity index (χ2v) is 6.34. The highest BCUT2D eigenvalue weighted by molar-refractivity contribution is 9.10. The highest BCUT2D eigenvalue weighted by Crippen LogP contribution is 2.23. The maximum atomic E-state index is 5.62. The summed E-state index contributed by atoms with van der Waals surface area (Å²) in [5.74, 6) is 1.91. The molecule has 84 valence electrons. The molecule has 4 heteroatoms. The van der Waals surface area contributed by atoms with Crippen LogP contribution in [0.25, 0.3) is 0 Å². The van der Waals surface area contributed by atoms with Crippen molar-refractivity contribution in [2.45, 2.75) is 4.21 Å². The highest BCUT2D eigenvalue weighted by Gasteiger charge is 1.96. The second kappa shape index (κ2) is 6.33. The average molecular weight is 315 g/mol. The standard InChI is InChI=1S/C12H11BrOS2/c13-10-3-5-11(6-4-10)14-7-9-16-12-2-1-8-15-12/h1-6,8H,7,9H2. The molecule has 0 N–H and O–H groups in total. The van der Waals surface area contributed by atoms with E-state index in [4.69, 9.17) is 4.74 Å². The number of hydrogen-bond donors (Lipinski definition) is 0. The summed E-state index contributed by atoms with van der Waals surface area (Å²) in [7, 11) is 0. The highest BCUT2D eigenvalue weighted by atomic mass is 79.9. The van der Waals surface area contributed by atoms with Crippen LogP contribution >= 0.6 is 39.0 Å². The van der Waals surface area contributed by atoms with E-state index in [0.717, 1.165) is 22.6 Å². The topological polar surface area (TPSA) is 9.23 Å². The maximum Gasteiger partial charge on any atom is 0.119 e. The number of benzene rings is 1. The Balaban J connectivity index is 1.70. The van der Waals surface area contributed by atoms with Gasteiger partial charge in [0.15, 0.2) is 0 Å². The third kappa shape index (κ3) is 3.85. The van der Waals surface area contributed by atoms with Gasteiger partial charge in [0.05, 0.1) is 10.8 Å². The summed E-state index contributed by atoms with van der Waals surface area (Å²) in [5.41, 5.74) is 0. The second-order valence-electron chi connectivity index (χ2n) is 3.08. The summed E-state index contributed by atoms with van der Waals surface area (Å²) >= 11 is 7.00. The lowest BCUT2D eigenvalue weighted by molar-refractivity contribution is 0.344. The molecule has 2 rings (SSSR count). The molecule has 1 heterocycles. The van der Waals surface area contributed by atoms with Crippen LogP contribution in [-0.2, 0) is 0 Å². The van der Waals surface area contributed by atoms with Crippen molar-refractivity contribution in [2.24, 2.45) is 0 Å². The van der Waals surface area contributed by atoms with Crippen LogP contribution in [-0.4, -0.2) is 12.4 Å². The molecular formula is C12H11BrOS2. The molecule has 0 spiro atoms. The van der Waals surface area contributed by atoms with Crippen LogP contribution in [0.15, 0.2) is 50.5 Å². The fourth-order valence-electron chi connectivity index (χ4n) is 1.18. The molecule has 0 bridgehead atoms. The molecule has 0 saturated carbocycles. The predicted octanol–water partition coefficient (Wildman–Crippen LogP) is 4.68. The van der Waals surface area contributed by atoms with Crippen molar-refractivity contribution in [2.75, 3.05) is 12.4 Å². The zero-order chi connectivity index (χ0) is 11.2. The number of halogens is 1. The summed E-state index contributed by atoms with van der Waals surface area (Å²) in [6.45, 7) is 0.740. The average Bonchev–Trinajstić information content (AvgIpc) is 2.80. The minimum Gasteiger partial charge on any atom is -0.493 e. The van der Waals surface area contributed by atoms with Crippen molar-refractivity contribution in [3.63, 3.8) is 0 Å². The van der Waals surface area contributed by atoms with Crippen LogP contribution in [0, 0.1) is 0 Å². The Morgan fingerprint density at radius 2 is 2.00 bits per heavy atom. The fourth-order valence-corrected chi connectivity index (χ4v) is 3.12. The van der Waals surface area contributed by atoms with Gasteiger partial charge >= 0.3 is 0 Å². The fraction of sp³-hybridized carbons (Fsp3) is 0.167. The van der Waals surface area contributed by atoms with Gasteiger partial charge in [0.2, 0.25) is 0 Å². The number of thiophene rings is 1. The van der Waals surface area contributed by atoms with Crippen LogP contribution in [0.5, 0.6) is 5.75 Å². The zero-order valence-electron chi connectivity index (χ0n) is 8.56. The van der Waals surface area contributed by atoms with Gasteiger partial charge in [-0.1, -0.05) is 22.0 Å². The monoisotopic (exact) mass is 314 g/mol. The Morgan fingerprint density at radius 3 is 2.69 bits per heavy atom. The number of thioether (sulfide) groups is 1. The van der Waals surface area contributed by atoms with E-state index in [0.29, 0.717) is 0 Å². The number of rotatable bonds is 5. The van der Waals surface area contributed by atoms with E-state index in [9.17, 15) is 0 Å². The van der Waals surface area contributed by atoms with Crippen LogP contribution in [0.4, 0.5) is 0 Å². The van der Waals surface area contributed by atoms with Crippen molar-refractivity contribution >= 4 is 39.0 Å². The first-order chi connectivity index (χ1) is 7.84. The SMILES string of the molecule is Brc1ccc(OCCSc2cccs2)cc1. The summed E-state index contributed by atoms with van der Waals surface area (Å²) < 4.78 is 8.05. The van der Waals surface area contributed by atoms with Gasteiger partial charge in [-0.25, -0.2) is 0 Å². The molecule has 16 heavy (non-hydrogen) atoms. The molecule has 2 aromatic rings. The van der Waals surface area contributed by atoms with Gasteiger partial charge in [-0.15, -0.1) is 23.1 Å². The van der Waals surface area contributed by atoms with Crippen molar-refractivity contribution in [3.8, 4) is 5.75 Å². The van der Waals surface area contributed by atoms with Crippen molar-refractivity contribution in [1.82, 2.24) is 0 Å². The molecule has 0 fully saturated rings. The molecule has 0 radical (unpaired) electrons. The molecule has 1 aromatic carbocycles. The van der Waals surface area contributed by atoms with E-state index in [1.807, 2.05) is 36.0 Å². The lowest BCUT2D eigenvalue weighted by atomic mass is 10.3. The molecule has 0 unspecified atom stereocenters. The van der Waals surface area contributed by atoms with E-state index in [2.05, 4.69) is 33.4 Å². The molecule has 0 aliphatic heterocycles. The van der Waals surface area contributed by atoms with Gasteiger partial charge in [-0.05, 0) is 35.7 Å². The van der Waals surface area contributed by atoms with Gasteiger partial charge in [-0.2, -0.15) is 0 Å². The van der Waals surface area contributed by atoms with Crippen molar-refractivity contribution in [1.29, 1.82) is 0 Å². The first-order valence-electron chi connectivity index (χ1n) is 4.89. The van der Waals surface area contributed by atoms with E-state index >= 15 is 0 Å². The van der Waals surface area contributed by atoms with Crippen molar-refractivity contribution < 1.29 is 4.74 Å². The van der Waals surface area contributed by atoms with E-state index in [1.165, 1.54) is 4.21 Å². The normalized spacial score (nSPS) is 10.3. The summed E-state index contributed by atoms with van der Waals surface area (Å²) in [6, 6.07) is 12.1. The van der Waals surface area contributed by atoms with Crippen LogP contribution < -0.4 is 4.74 Å². The van der Waals surface area contributed by atoms with Gasteiger partial charge in [-0.3, -0.25) is 0 Å². The van der Waals surface area contributed by atoms with Crippen LogP contribution in [0.2, 0.25) is 0 Å². The summed E-state index contributed by atoms with van der Waals surface area (Å²) in [4.78, 5) is 0. The predicted molar refractivity (Wildman–Crippen MR) is 74.7 cm³/mol. The quantitative estimate of drug-likeness (QED) is 0.585. The molecule has 0 saturated heterocycles. The summed E-state index contributed by atoms with van der Waals surface area (Å²) in [6.07, 6.45) is 0. The van der Waals surface area contributed by atoms with Gasteiger partial charge in [0.25, 0.3) is 0 Å². The van der Waals surface area contributed by atoms with E-state index in [1.54, 1.807) is 11.3 Å². The van der Waals surface area contributed by atoms with Crippen molar-refractivity contribution in [3.05, 3.63) is 46.3 Å². The molecule has 1 aromatic heterocycles. The summed E-state index contributed by atoms with van der Waals surface area (Å²) in [5, 5.41) is 2.10. The zero-order valence-corrected chi connectivity index (χ0v) is 11.8. The minimum atomic E-state index is 0.740. The molecule has 0 amide bonds. The molecular weight excluding hydrogens is 304 g/mol. The molecule has 0 aliphatic rings. The third-order valence-electron chi connectivity index (χ3n) is 1.91. The minimum absolute atomic E-state index is 0.740. The van der Waals surface area contributed by atoms with Crippen LogP contribution in [0.1, 0.15) is 0 Å². The first kappa shape index (κ1) is 12.0. The Kier molecular flexibility index (Phi) is 4.75. The smallest absolute Gasteiger partial charge is 0.119 e. The largest absolute Gasteiger partial charge is 0.493 e.